The Morgan fingerprint density at radius 3 is 2.52 bits per heavy atom. The smallest absolute Gasteiger partial charge is 0.287 e. The van der Waals surface area contributed by atoms with Gasteiger partial charge in [-0.05, 0) is 42.3 Å². The molecule has 5 nitrogen and oxygen atoms in total. The summed E-state index contributed by atoms with van der Waals surface area (Å²) in [4.78, 5) is 24.4. The molecule has 3 rings (SSSR count). The number of aryl methyl sites for hydroxylation is 1. The molecule has 1 aromatic heterocycles. The van der Waals surface area contributed by atoms with Gasteiger partial charge in [-0.2, -0.15) is 0 Å². The van der Waals surface area contributed by atoms with Crippen LogP contribution in [0.1, 0.15) is 23.0 Å². The van der Waals surface area contributed by atoms with Gasteiger partial charge in [0.25, 0.3) is 5.91 Å². The van der Waals surface area contributed by atoms with Crippen LogP contribution >= 0.6 is 11.6 Å². The van der Waals surface area contributed by atoms with Crippen LogP contribution in [0.15, 0.2) is 65.1 Å². The average Bonchev–Trinajstić information content (AvgIpc) is 3.17. The average molecular weight is 383 g/mol. The number of amides is 2. The van der Waals surface area contributed by atoms with Crippen LogP contribution in [0.5, 0.6) is 0 Å². The molecule has 0 radical (unpaired) electrons. The minimum atomic E-state index is -0.466. The van der Waals surface area contributed by atoms with E-state index in [4.69, 9.17) is 16.0 Å². The number of halogens is 1. The quantitative estimate of drug-likeness (QED) is 0.657. The monoisotopic (exact) mass is 382 g/mol. The van der Waals surface area contributed by atoms with E-state index in [9.17, 15) is 9.59 Å². The number of carbonyl (C=O) groups is 2. The Bertz CT molecular complexity index is 965. The third-order valence-electron chi connectivity index (χ3n) is 4.05. The fourth-order valence-corrected chi connectivity index (χ4v) is 2.89. The maximum atomic E-state index is 12.2. The van der Waals surface area contributed by atoms with Crippen LogP contribution in [-0.2, 0) is 11.2 Å². The summed E-state index contributed by atoms with van der Waals surface area (Å²) in [7, 11) is 0. The Kier molecular flexibility index (Phi) is 5.94. The number of hydrogen-bond donors (Lipinski definition) is 2. The van der Waals surface area contributed by atoms with Gasteiger partial charge in [-0.1, -0.05) is 48.9 Å². The Balaban J connectivity index is 1.60. The van der Waals surface area contributed by atoms with E-state index >= 15 is 0 Å². The van der Waals surface area contributed by atoms with Crippen molar-refractivity contribution in [2.75, 3.05) is 11.9 Å². The Morgan fingerprint density at radius 1 is 1.00 bits per heavy atom. The molecule has 2 aromatic carbocycles. The number of benzene rings is 2. The van der Waals surface area contributed by atoms with Crippen molar-refractivity contribution in [2.24, 2.45) is 0 Å². The largest absolute Gasteiger partial charge is 0.451 e. The summed E-state index contributed by atoms with van der Waals surface area (Å²) in [6.07, 6.45) is 0.806. The molecule has 0 atom stereocenters. The van der Waals surface area contributed by atoms with Crippen LogP contribution in [0.4, 0.5) is 5.69 Å². The molecule has 0 spiro atoms. The lowest BCUT2D eigenvalue weighted by Crippen LogP contribution is -2.32. The summed E-state index contributed by atoms with van der Waals surface area (Å²) in [5.41, 5.74) is 2.48. The molecule has 2 amide bonds. The fourth-order valence-electron chi connectivity index (χ4n) is 2.66. The van der Waals surface area contributed by atoms with Crippen molar-refractivity contribution in [2.45, 2.75) is 13.3 Å². The van der Waals surface area contributed by atoms with Crippen LogP contribution < -0.4 is 10.6 Å². The lowest BCUT2D eigenvalue weighted by molar-refractivity contribution is -0.115. The molecular formula is C21H19ClN2O3. The van der Waals surface area contributed by atoms with Gasteiger partial charge in [0.2, 0.25) is 5.91 Å². The van der Waals surface area contributed by atoms with E-state index in [1.807, 2.05) is 49.4 Å². The fraction of sp³-hybridized carbons (Fsp3) is 0.143. The third-order valence-corrected chi connectivity index (χ3v) is 4.38. The van der Waals surface area contributed by atoms with Crippen LogP contribution in [0.2, 0.25) is 5.02 Å². The van der Waals surface area contributed by atoms with Crippen molar-refractivity contribution in [1.82, 2.24) is 5.32 Å². The number of furan rings is 1. The van der Waals surface area contributed by atoms with Gasteiger partial charge in [0.05, 0.1) is 11.6 Å². The molecular weight excluding hydrogens is 364 g/mol. The van der Waals surface area contributed by atoms with Crippen LogP contribution in [0.3, 0.4) is 0 Å². The van der Waals surface area contributed by atoms with Crippen molar-refractivity contribution in [3.05, 3.63) is 77.0 Å². The van der Waals surface area contributed by atoms with Crippen molar-refractivity contribution < 1.29 is 14.0 Å². The van der Waals surface area contributed by atoms with Gasteiger partial charge in [0, 0.05) is 11.3 Å². The molecule has 0 unspecified atom stereocenters. The van der Waals surface area contributed by atoms with Crippen LogP contribution in [0.25, 0.3) is 11.3 Å². The summed E-state index contributed by atoms with van der Waals surface area (Å²) in [6, 6.07) is 18.0. The number of para-hydroxylation sites is 1. The van der Waals surface area contributed by atoms with Gasteiger partial charge in [-0.25, -0.2) is 0 Å². The van der Waals surface area contributed by atoms with Crippen LogP contribution in [-0.4, -0.2) is 18.4 Å². The van der Waals surface area contributed by atoms with E-state index in [2.05, 4.69) is 10.6 Å². The lowest BCUT2D eigenvalue weighted by atomic mass is 10.1. The van der Waals surface area contributed by atoms with Gasteiger partial charge < -0.3 is 15.1 Å². The number of nitrogens with one attached hydrogen (secondary N) is 2. The molecule has 3 aromatic rings. The second kappa shape index (κ2) is 8.56. The normalized spacial score (nSPS) is 10.4. The van der Waals surface area contributed by atoms with Gasteiger partial charge in [0.15, 0.2) is 5.76 Å². The molecule has 6 heteroatoms. The number of hydrogen-bond acceptors (Lipinski definition) is 3. The first-order valence-electron chi connectivity index (χ1n) is 8.59. The minimum absolute atomic E-state index is 0.117. The van der Waals surface area contributed by atoms with Gasteiger partial charge in [-0.3, -0.25) is 9.59 Å². The Labute approximate surface area is 162 Å². The zero-order chi connectivity index (χ0) is 19.2. The predicted molar refractivity (Wildman–Crippen MR) is 106 cm³/mol. The highest BCUT2D eigenvalue weighted by Crippen LogP contribution is 2.28. The van der Waals surface area contributed by atoms with E-state index in [1.54, 1.807) is 18.2 Å². The van der Waals surface area contributed by atoms with Crippen molar-refractivity contribution >= 4 is 29.1 Å². The molecule has 0 bridgehead atoms. The zero-order valence-electron chi connectivity index (χ0n) is 14.8. The molecule has 0 aliphatic rings. The molecule has 0 saturated carbocycles. The van der Waals surface area contributed by atoms with Gasteiger partial charge >= 0.3 is 0 Å². The molecule has 2 N–H and O–H groups in total. The van der Waals surface area contributed by atoms with Crippen molar-refractivity contribution in [3.8, 4) is 11.3 Å². The van der Waals surface area contributed by atoms with E-state index in [1.165, 1.54) is 0 Å². The Morgan fingerprint density at radius 2 is 1.74 bits per heavy atom. The maximum absolute atomic E-state index is 12.2. The van der Waals surface area contributed by atoms with E-state index < -0.39 is 5.91 Å². The third kappa shape index (κ3) is 4.57. The summed E-state index contributed by atoms with van der Waals surface area (Å²) in [5.74, 6) is -0.159. The summed E-state index contributed by atoms with van der Waals surface area (Å²) in [6.45, 7) is 1.86. The molecule has 0 fully saturated rings. The molecule has 27 heavy (non-hydrogen) atoms. The predicted octanol–water partition coefficient (Wildman–Crippen LogP) is 4.53. The van der Waals surface area contributed by atoms with Crippen LogP contribution in [0, 0.1) is 0 Å². The van der Waals surface area contributed by atoms with E-state index in [-0.39, 0.29) is 18.2 Å². The highest BCUT2D eigenvalue weighted by Gasteiger charge is 2.15. The first-order chi connectivity index (χ1) is 13.1. The highest BCUT2D eigenvalue weighted by atomic mass is 35.5. The molecule has 1 heterocycles. The Hall–Kier alpha value is -3.05. The van der Waals surface area contributed by atoms with Crippen molar-refractivity contribution in [3.63, 3.8) is 0 Å². The number of carbonyl (C=O) groups excluding carboxylic acids is 2. The topological polar surface area (TPSA) is 71.3 Å². The van der Waals surface area contributed by atoms with Crippen molar-refractivity contribution in [1.29, 1.82) is 0 Å². The standard InChI is InChI=1S/C21H19ClN2O3/c1-2-14-7-3-6-10-17(14)24-20(25)13-23-21(26)19-12-11-18(27-19)15-8-4-5-9-16(15)22/h3-12H,2,13H2,1H3,(H,23,26)(H,24,25). The molecule has 138 valence electrons. The van der Waals surface area contributed by atoms with E-state index in [0.29, 0.717) is 16.3 Å². The SMILES string of the molecule is CCc1ccccc1NC(=O)CNC(=O)c1ccc(-c2ccccc2Cl)o1. The lowest BCUT2D eigenvalue weighted by Gasteiger charge is -2.10. The summed E-state index contributed by atoms with van der Waals surface area (Å²) in [5, 5.41) is 5.90. The first-order valence-corrected chi connectivity index (χ1v) is 8.97. The van der Waals surface area contributed by atoms with Gasteiger partial charge in [-0.15, -0.1) is 0 Å². The second-order valence-corrected chi connectivity index (χ2v) is 6.29. The molecule has 0 aliphatic carbocycles. The number of anilines is 1. The molecule has 0 saturated heterocycles. The number of rotatable bonds is 6. The zero-order valence-corrected chi connectivity index (χ0v) is 15.5. The summed E-state index contributed by atoms with van der Waals surface area (Å²) >= 11 is 6.14. The highest BCUT2D eigenvalue weighted by molar-refractivity contribution is 6.33. The van der Waals surface area contributed by atoms with E-state index in [0.717, 1.165) is 17.7 Å². The second-order valence-electron chi connectivity index (χ2n) is 5.89. The molecule has 0 aliphatic heterocycles. The van der Waals surface area contributed by atoms with Gasteiger partial charge in [0.1, 0.15) is 5.76 Å². The minimum Gasteiger partial charge on any atom is -0.451 e. The maximum Gasteiger partial charge on any atom is 0.287 e. The first kappa shape index (κ1) is 18.7. The summed E-state index contributed by atoms with van der Waals surface area (Å²) < 4.78 is 5.57.